The summed E-state index contributed by atoms with van der Waals surface area (Å²) >= 11 is 0. The number of nitrogens with one attached hydrogen (secondary N) is 1. The summed E-state index contributed by atoms with van der Waals surface area (Å²) in [4.78, 5) is 41.7. The minimum Gasteiger partial charge on any atom is -0.481 e. The maximum absolute atomic E-state index is 12.4. The van der Waals surface area contributed by atoms with E-state index in [-0.39, 0.29) is 17.1 Å². The van der Waals surface area contributed by atoms with Gasteiger partial charge in [0.05, 0.1) is 49.2 Å². The topological polar surface area (TPSA) is 172 Å². The molecule has 0 spiro atoms. The van der Waals surface area contributed by atoms with Gasteiger partial charge in [-0.25, -0.2) is 14.8 Å². The van der Waals surface area contributed by atoms with Crippen LogP contribution in [0.2, 0.25) is 0 Å². The highest BCUT2D eigenvalue weighted by atomic mass is 16.5. The molecule has 12 heteroatoms. The second kappa shape index (κ2) is 11.4. The molecule has 0 aliphatic carbocycles. The number of ether oxygens (including phenoxy) is 3. The van der Waals surface area contributed by atoms with E-state index >= 15 is 0 Å². The molecule has 212 valence electrons. The molecule has 1 amide bonds. The zero-order valence-electron chi connectivity index (χ0n) is 23.1. The average Bonchev–Trinajstić information content (AvgIpc) is 2.99. The van der Waals surface area contributed by atoms with Crippen molar-refractivity contribution in [2.24, 2.45) is 5.73 Å². The fourth-order valence-electron chi connectivity index (χ4n) is 4.53. The summed E-state index contributed by atoms with van der Waals surface area (Å²) in [6.45, 7) is 1.82. The van der Waals surface area contributed by atoms with Crippen LogP contribution in [0.15, 0.2) is 60.9 Å². The van der Waals surface area contributed by atoms with E-state index in [1.54, 1.807) is 42.6 Å². The molecule has 0 radical (unpaired) electrons. The Morgan fingerprint density at radius 1 is 0.857 bits per heavy atom. The average molecular weight is 567 g/mol. The second-order valence-electron chi connectivity index (χ2n) is 9.19. The molecule has 3 heterocycles. The highest BCUT2D eigenvalue weighted by Crippen LogP contribution is 2.36. The molecule has 4 N–H and O–H groups in total. The number of carbonyl (C=O) groups excluding carboxylic acids is 1. The van der Waals surface area contributed by atoms with Crippen LogP contribution < -0.4 is 25.3 Å². The number of aromatic carboxylic acids is 1. The summed E-state index contributed by atoms with van der Waals surface area (Å²) in [7, 11) is 4.47. The van der Waals surface area contributed by atoms with Crippen molar-refractivity contribution < 1.29 is 28.9 Å². The lowest BCUT2D eigenvalue weighted by atomic mass is 10.0. The number of benzene rings is 2. The van der Waals surface area contributed by atoms with Crippen LogP contribution in [0.1, 0.15) is 26.4 Å². The van der Waals surface area contributed by atoms with Gasteiger partial charge < -0.3 is 30.4 Å². The number of pyridine rings is 2. The number of aryl methyl sites for hydroxylation is 1. The van der Waals surface area contributed by atoms with Gasteiger partial charge >= 0.3 is 12.0 Å². The number of fused-ring (bicyclic) bond motifs is 1. The number of hydrogen-bond acceptors (Lipinski definition) is 10. The lowest BCUT2D eigenvalue weighted by Gasteiger charge is -2.16. The maximum Gasteiger partial charge on any atom is 0.335 e. The van der Waals surface area contributed by atoms with Crippen molar-refractivity contribution >= 4 is 34.2 Å². The Labute approximate surface area is 240 Å². The standard InChI is InChI=1S/C30H26N6O6/c1-15-7-17(12-25(34-15)40-2)18-8-19(29(38)39)10-20(9-18)35-26-21-6-5-16(11-24(21)32-14-23(26)27(31)37)22-13-33-30(42-4)36-28(22)41-3/h5-14H,1-4H3,(H2,31,37)(H,32,35)(H,38,39). The monoisotopic (exact) mass is 566 g/mol. The summed E-state index contributed by atoms with van der Waals surface area (Å²) < 4.78 is 15.8. The first-order chi connectivity index (χ1) is 20.2. The molecule has 0 saturated carbocycles. The molecule has 0 aliphatic heterocycles. The Morgan fingerprint density at radius 2 is 1.64 bits per heavy atom. The number of methoxy groups -OCH3 is 3. The van der Waals surface area contributed by atoms with Crippen LogP contribution in [0.4, 0.5) is 11.4 Å². The Balaban J connectivity index is 1.64. The molecule has 2 aromatic carbocycles. The quantitative estimate of drug-likeness (QED) is 0.227. The Kier molecular flexibility index (Phi) is 7.52. The molecule has 0 fully saturated rings. The third-order valence-electron chi connectivity index (χ3n) is 6.47. The summed E-state index contributed by atoms with van der Waals surface area (Å²) in [6, 6.07) is 13.9. The summed E-state index contributed by atoms with van der Waals surface area (Å²) in [5.41, 5.74) is 10.5. The summed E-state index contributed by atoms with van der Waals surface area (Å²) in [5.74, 6) is -1.11. The number of carboxylic acids is 1. The molecule has 3 aromatic heterocycles. The van der Waals surface area contributed by atoms with Gasteiger partial charge in [0.1, 0.15) is 0 Å². The van der Waals surface area contributed by atoms with Crippen LogP contribution >= 0.6 is 0 Å². The fourth-order valence-corrected chi connectivity index (χ4v) is 4.53. The SMILES string of the molecule is COc1cc(-c2cc(Nc3c(C(N)=O)cnc4cc(-c5cnc(OC)nc5OC)ccc34)cc(C(=O)O)c2)cc(C)n1. The van der Waals surface area contributed by atoms with E-state index in [9.17, 15) is 14.7 Å². The largest absolute Gasteiger partial charge is 0.481 e. The molecule has 0 atom stereocenters. The van der Waals surface area contributed by atoms with Gasteiger partial charge in [-0.2, -0.15) is 4.98 Å². The number of anilines is 2. The molecule has 42 heavy (non-hydrogen) atoms. The van der Waals surface area contributed by atoms with Gasteiger partial charge in [0, 0.05) is 35.2 Å². The van der Waals surface area contributed by atoms with Crippen molar-refractivity contribution in [3.8, 4) is 40.0 Å². The van der Waals surface area contributed by atoms with Crippen LogP contribution in [0.25, 0.3) is 33.2 Å². The van der Waals surface area contributed by atoms with Crippen molar-refractivity contribution in [2.75, 3.05) is 26.6 Å². The lowest BCUT2D eigenvalue weighted by molar-refractivity contribution is 0.0696. The van der Waals surface area contributed by atoms with Gasteiger partial charge in [-0.05, 0) is 53.9 Å². The molecule has 0 aliphatic rings. The van der Waals surface area contributed by atoms with Crippen LogP contribution in [0.5, 0.6) is 17.8 Å². The van der Waals surface area contributed by atoms with Crippen molar-refractivity contribution in [1.82, 2.24) is 19.9 Å². The lowest BCUT2D eigenvalue weighted by Crippen LogP contribution is -2.14. The van der Waals surface area contributed by atoms with Crippen LogP contribution in [0.3, 0.4) is 0 Å². The van der Waals surface area contributed by atoms with Crippen molar-refractivity contribution in [2.45, 2.75) is 6.92 Å². The number of nitrogens with two attached hydrogens (primary N) is 1. The van der Waals surface area contributed by atoms with Crippen LogP contribution in [-0.4, -0.2) is 58.2 Å². The van der Waals surface area contributed by atoms with Crippen LogP contribution in [-0.2, 0) is 0 Å². The van der Waals surface area contributed by atoms with E-state index in [2.05, 4.69) is 25.3 Å². The van der Waals surface area contributed by atoms with E-state index in [1.165, 1.54) is 33.6 Å². The predicted molar refractivity (Wildman–Crippen MR) is 156 cm³/mol. The zero-order valence-corrected chi connectivity index (χ0v) is 23.1. The Hall–Kier alpha value is -5.78. The van der Waals surface area contributed by atoms with E-state index in [4.69, 9.17) is 19.9 Å². The third-order valence-corrected chi connectivity index (χ3v) is 6.47. The number of nitrogens with zero attached hydrogens (tertiary/aromatic N) is 4. The molecule has 12 nitrogen and oxygen atoms in total. The van der Waals surface area contributed by atoms with Gasteiger partial charge in [-0.1, -0.05) is 12.1 Å². The maximum atomic E-state index is 12.4. The predicted octanol–water partition coefficient (Wildman–Crippen LogP) is 4.63. The van der Waals surface area contributed by atoms with Gasteiger partial charge in [0.25, 0.3) is 5.91 Å². The van der Waals surface area contributed by atoms with Gasteiger partial charge in [-0.15, -0.1) is 0 Å². The van der Waals surface area contributed by atoms with Gasteiger partial charge in [0.2, 0.25) is 11.8 Å². The van der Waals surface area contributed by atoms with Crippen molar-refractivity contribution in [3.63, 3.8) is 0 Å². The van der Waals surface area contributed by atoms with Gasteiger partial charge in [0.15, 0.2) is 0 Å². The minimum absolute atomic E-state index is 0.0382. The fraction of sp³-hybridized carbons (Fsp3) is 0.133. The number of rotatable bonds is 9. The highest BCUT2D eigenvalue weighted by molar-refractivity contribution is 6.08. The van der Waals surface area contributed by atoms with E-state index in [0.717, 1.165) is 0 Å². The van der Waals surface area contributed by atoms with Crippen molar-refractivity contribution in [3.05, 3.63) is 77.7 Å². The number of primary amides is 1. The third kappa shape index (κ3) is 5.45. The number of hydrogen-bond donors (Lipinski definition) is 3. The second-order valence-corrected chi connectivity index (χ2v) is 9.19. The first-order valence-electron chi connectivity index (χ1n) is 12.6. The minimum atomic E-state index is -1.12. The van der Waals surface area contributed by atoms with Gasteiger partial charge in [-0.3, -0.25) is 9.78 Å². The smallest absolute Gasteiger partial charge is 0.335 e. The normalized spacial score (nSPS) is 10.8. The number of aromatic nitrogens is 4. The zero-order chi connectivity index (χ0) is 30.0. The van der Waals surface area contributed by atoms with E-state index in [1.807, 2.05) is 13.0 Å². The first-order valence-corrected chi connectivity index (χ1v) is 12.6. The molecular formula is C30H26N6O6. The Bertz CT molecular complexity index is 1860. The van der Waals surface area contributed by atoms with E-state index in [0.29, 0.717) is 62.0 Å². The highest BCUT2D eigenvalue weighted by Gasteiger charge is 2.18. The first kappa shape index (κ1) is 27.8. The number of carboxylic acid groups (broad SMARTS) is 1. The number of amides is 1. The summed E-state index contributed by atoms with van der Waals surface area (Å²) in [5, 5.41) is 13.7. The number of carbonyl (C=O) groups is 2. The van der Waals surface area contributed by atoms with E-state index < -0.39 is 11.9 Å². The Morgan fingerprint density at radius 3 is 2.33 bits per heavy atom. The molecular weight excluding hydrogens is 540 g/mol. The summed E-state index contributed by atoms with van der Waals surface area (Å²) in [6.07, 6.45) is 2.95. The molecule has 5 aromatic rings. The molecule has 0 unspecified atom stereocenters. The molecule has 0 saturated heterocycles. The molecule has 0 bridgehead atoms. The van der Waals surface area contributed by atoms with Crippen LogP contribution in [0, 0.1) is 6.92 Å². The molecule has 5 rings (SSSR count). The van der Waals surface area contributed by atoms with Crippen molar-refractivity contribution in [1.29, 1.82) is 0 Å².